The zero-order chi connectivity index (χ0) is 8.39. The van der Waals surface area contributed by atoms with Crippen molar-refractivity contribution < 1.29 is 9.53 Å². The van der Waals surface area contributed by atoms with Gasteiger partial charge in [0.15, 0.2) is 6.23 Å². The van der Waals surface area contributed by atoms with Crippen molar-refractivity contribution >= 4 is 17.7 Å². The molecule has 0 spiro atoms. The van der Waals surface area contributed by atoms with Crippen LogP contribution in [0.1, 0.15) is 16.7 Å². The van der Waals surface area contributed by atoms with E-state index in [2.05, 4.69) is 11.4 Å². The molecule has 1 aliphatic rings. The standard InChI is InChI=1S/C8H9NO2S/c10-5-9-8-7-6(1-3-11-8)2-4-12-7/h2,4-5,8H,1,3H2,(H,9,10). The third-order valence-corrected chi connectivity index (χ3v) is 2.90. The number of ether oxygens (including phenoxy) is 1. The summed E-state index contributed by atoms with van der Waals surface area (Å²) in [5.41, 5.74) is 1.30. The zero-order valence-corrected chi connectivity index (χ0v) is 7.26. The van der Waals surface area contributed by atoms with E-state index in [1.165, 1.54) is 5.56 Å². The molecule has 64 valence electrons. The SMILES string of the molecule is O=CNC1OCCc2ccsc21. The van der Waals surface area contributed by atoms with Crippen molar-refractivity contribution in [2.75, 3.05) is 6.61 Å². The lowest BCUT2D eigenvalue weighted by atomic mass is 10.1. The summed E-state index contributed by atoms with van der Waals surface area (Å²) in [6.45, 7) is 0.690. The van der Waals surface area contributed by atoms with E-state index in [1.807, 2.05) is 5.38 Å². The van der Waals surface area contributed by atoms with Crippen LogP contribution in [0.25, 0.3) is 0 Å². The minimum absolute atomic E-state index is 0.216. The Bertz CT molecular complexity index is 284. The highest BCUT2D eigenvalue weighted by Crippen LogP contribution is 2.29. The Hall–Kier alpha value is -0.870. The number of thiophene rings is 1. The number of hydrogen-bond donors (Lipinski definition) is 1. The van der Waals surface area contributed by atoms with Crippen LogP contribution in [0.5, 0.6) is 0 Å². The van der Waals surface area contributed by atoms with Crippen LogP contribution < -0.4 is 5.32 Å². The van der Waals surface area contributed by atoms with Crippen molar-refractivity contribution in [1.82, 2.24) is 5.32 Å². The third kappa shape index (κ3) is 1.23. The van der Waals surface area contributed by atoms with Crippen LogP contribution in [0.2, 0.25) is 0 Å². The van der Waals surface area contributed by atoms with Crippen LogP contribution in [0.3, 0.4) is 0 Å². The maximum atomic E-state index is 10.2. The summed E-state index contributed by atoms with van der Waals surface area (Å²) in [5.74, 6) is 0. The second-order valence-corrected chi connectivity index (χ2v) is 3.54. The van der Waals surface area contributed by atoms with Crippen molar-refractivity contribution in [1.29, 1.82) is 0 Å². The topological polar surface area (TPSA) is 38.3 Å². The molecule has 1 atom stereocenters. The molecule has 1 unspecified atom stereocenters. The van der Waals surface area contributed by atoms with Gasteiger partial charge in [-0.3, -0.25) is 4.79 Å². The Morgan fingerprint density at radius 1 is 1.75 bits per heavy atom. The number of amides is 1. The molecule has 0 aromatic carbocycles. The summed E-state index contributed by atoms with van der Waals surface area (Å²) in [6.07, 6.45) is 1.42. The molecule has 0 saturated heterocycles. The Balaban J connectivity index is 2.25. The summed E-state index contributed by atoms with van der Waals surface area (Å²) in [5, 5.41) is 4.66. The Labute approximate surface area is 74.4 Å². The zero-order valence-electron chi connectivity index (χ0n) is 6.45. The van der Waals surface area contributed by atoms with Gasteiger partial charge in [-0.05, 0) is 23.4 Å². The van der Waals surface area contributed by atoms with Gasteiger partial charge in [0.05, 0.1) is 11.5 Å². The molecule has 1 N–H and O–H groups in total. The molecule has 2 rings (SSSR count). The summed E-state index contributed by atoms with van der Waals surface area (Å²) in [4.78, 5) is 11.4. The predicted molar refractivity (Wildman–Crippen MR) is 45.9 cm³/mol. The van der Waals surface area contributed by atoms with Gasteiger partial charge in [0.25, 0.3) is 0 Å². The van der Waals surface area contributed by atoms with E-state index in [0.29, 0.717) is 13.0 Å². The summed E-state index contributed by atoms with van der Waals surface area (Å²) >= 11 is 1.63. The summed E-state index contributed by atoms with van der Waals surface area (Å²) < 4.78 is 5.37. The van der Waals surface area contributed by atoms with Crippen LogP contribution in [0, 0.1) is 0 Å². The monoisotopic (exact) mass is 183 g/mol. The van der Waals surface area contributed by atoms with Crippen LogP contribution in [-0.4, -0.2) is 13.0 Å². The van der Waals surface area contributed by atoms with E-state index in [1.54, 1.807) is 11.3 Å². The smallest absolute Gasteiger partial charge is 0.209 e. The molecule has 2 heterocycles. The van der Waals surface area contributed by atoms with E-state index < -0.39 is 0 Å². The van der Waals surface area contributed by atoms with Crippen molar-refractivity contribution in [3.8, 4) is 0 Å². The van der Waals surface area contributed by atoms with Crippen molar-refractivity contribution in [3.05, 3.63) is 21.9 Å². The largest absolute Gasteiger partial charge is 0.353 e. The minimum Gasteiger partial charge on any atom is -0.353 e. The fraction of sp³-hybridized carbons (Fsp3) is 0.375. The van der Waals surface area contributed by atoms with Gasteiger partial charge in [-0.25, -0.2) is 0 Å². The Morgan fingerprint density at radius 2 is 2.67 bits per heavy atom. The van der Waals surface area contributed by atoms with E-state index >= 15 is 0 Å². The molecule has 0 radical (unpaired) electrons. The molecule has 12 heavy (non-hydrogen) atoms. The molecule has 0 aliphatic carbocycles. The number of fused-ring (bicyclic) bond motifs is 1. The third-order valence-electron chi connectivity index (χ3n) is 1.89. The second kappa shape index (κ2) is 3.25. The van der Waals surface area contributed by atoms with E-state index in [-0.39, 0.29) is 6.23 Å². The van der Waals surface area contributed by atoms with Crippen LogP contribution >= 0.6 is 11.3 Å². The average Bonchev–Trinajstić information content (AvgIpc) is 2.53. The van der Waals surface area contributed by atoms with Gasteiger partial charge in [0, 0.05) is 0 Å². The van der Waals surface area contributed by atoms with Gasteiger partial charge >= 0.3 is 0 Å². The number of carbonyl (C=O) groups excluding carboxylic acids is 1. The highest BCUT2D eigenvalue weighted by Gasteiger charge is 2.20. The molecule has 1 aromatic heterocycles. The Morgan fingerprint density at radius 3 is 3.50 bits per heavy atom. The number of nitrogens with one attached hydrogen (secondary N) is 1. The van der Waals surface area contributed by atoms with Gasteiger partial charge in [0.1, 0.15) is 0 Å². The number of hydrogen-bond acceptors (Lipinski definition) is 3. The van der Waals surface area contributed by atoms with Gasteiger partial charge in [-0.2, -0.15) is 0 Å². The van der Waals surface area contributed by atoms with Crippen LogP contribution in [0.4, 0.5) is 0 Å². The molecule has 4 heteroatoms. The molecular weight excluding hydrogens is 174 g/mol. The first-order valence-corrected chi connectivity index (χ1v) is 4.67. The van der Waals surface area contributed by atoms with E-state index in [4.69, 9.17) is 4.74 Å². The van der Waals surface area contributed by atoms with Crippen LogP contribution in [0.15, 0.2) is 11.4 Å². The molecule has 0 bridgehead atoms. The lowest BCUT2D eigenvalue weighted by Gasteiger charge is -2.21. The summed E-state index contributed by atoms with van der Waals surface area (Å²) in [7, 11) is 0. The first-order chi connectivity index (χ1) is 5.92. The first kappa shape index (κ1) is 7.76. The van der Waals surface area contributed by atoms with Crippen molar-refractivity contribution in [3.63, 3.8) is 0 Å². The fourth-order valence-corrected chi connectivity index (χ4v) is 2.29. The maximum absolute atomic E-state index is 10.2. The van der Waals surface area contributed by atoms with E-state index in [9.17, 15) is 4.79 Å². The highest BCUT2D eigenvalue weighted by molar-refractivity contribution is 7.10. The molecular formula is C8H9NO2S. The fourth-order valence-electron chi connectivity index (χ4n) is 1.33. The van der Waals surface area contributed by atoms with Crippen molar-refractivity contribution in [2.45, 2.75) is 12.6 Å². The average molecular weight is 183 g/mol. The van der Waals surface area contributed by atoms with Gasteiger partial charge in [0.2, 0.25) is 6.41 Å². The predicted octanol–water partition coefficient (Wildman–Crippen LogP) is 1.07. The highest BCUT2D eigenvalue weighted by atomic mass is 32.1. The number of rotatable bonds is 2. The van der Waals surface area contributed by atoms with Gasteiger partial charge in [-0.15, -0.1) is 11.3 Å². The molecule has 0 fully saturated rings. The molecule has 1 aromatic rings. The number of carbonyl (C=O) groups is 1. The van der Waals surface area contributed by atoms with E-state index in [0.717, 1.165) is 11.3 Å². The first-order valence-electron chi connectivity index (χ1n) is 3.79. The van der Waals surface area contributed by atoms with Crippen molar-refractivity contribution in [2.24, 2.45) is 0 Å². The summed E-state index contributed by atoms with van der Waals surface area (Å²) in [6, 6.07) is 2.09. The van der Waals surface area contributed by atoms with Gasteiger partial charge in [-0.1, -0.05) is 0 Å². The molecule has 1 amide bonds. The normalized spacial score (nSPS) is 21.5. The molecule has 3 nitrogen and oxygen atoms in total. The quantitative estimate of drug-likeness (QED) is 0.696. The second-order valence-electron chi connectivity index (χ2n) is 2.60. The lowest BCUT2D eigenvalue weighted by molar-refractivity contribution is -0.114. The molecule has 1 aliphatic heterocycles. The maximum Gasteiger partial charge on any atom is 0.209 e. The van der Waals surface area contributed by atoms with Gasteiger partial charge < -0.3 is 10.1 Å². The minimum atomic E-state index is -0.216. The van der Waals surface area contributed by atoms with Crippen LogP contribution in [-0.2, 0) is 16.0 Å². The molecule has 0 saturated carbocycles. The lowest BCUT2D eigenvalue weighted by Crippen LogP contribution is -2.26. The Kier molecular flexibility index (Phi) is 2.10.